The van der Waals surface area contributed by atoms with Gasteiger partial charge in [-0.05, 0) is 6.92 Å². The number of nitriles is 1. The number of carbonyl (C=O) groups is 1. The van der Waals surface area contributed by atoms with Gasteiger partial charge >= 0.3 is 5.97 Å². The maximum Gasteiger partial charge on any atom is 0.305 e. The number of hydrogen-bond donors (Lipinski definition) is 0. The highest BCUT2D eigenvalue weighted by atomic mass is 32.1. The van der Waals surface area contributed by atoms with Crippen LogP contribution in [0.15, 0.2) is 5.38 Å². The van der Waals surface area contributed by atoms with Gasteiger partial charge in [-0.2, -0.15) is 5.26 Å². The Morgan fingerprint density at radius 1 is 1.72 bits per heavy atom. The largest absolute Gasteiger partial charge is 0.469 e. The van der Waals surface area contributed by atoms with Crippen molar-refractivity contribution in [3.8, 4) is 6.07 Å². The van der Waals surface area contributed by atoms with E-state index in [-0.39, 0.29) is 12.0 Å². The number of rotatable bonds is 6. The summed E-state index contributed by atoms with van der Waals surface area (Å²) in [5.74, 6) is -0.226. The Balaban J connectivity index is 2.57. The van der Waals surface area contributed by atoms with Crippen molar-refractivity contribution < 1.29 is 9.53 Å². The Morgan fingerprint density at radius 3 is 3.06 bits per heavy atom. The van der Waals surface area contributed by atoms with Gasteiger partial charge in [0, 0.05) is 24.9 Å². The van der Waals surface area contributed by atoms with Gasteiger partial charge in [0.15, 0.2) is 5.13 Å². The fourth-order valence-corrected chi connectivity index (χ4v) is 2.29. The van der Waals surface area contributed by atoms with Crippen LogP contribution >= 0.6 is 11.3 Å². The lowest BCUT2D eigenvalue weighted by atomic mass is 10.2. The van der Waals surface area contributed by atoms with Crippen LogP contribution in [0.2, 0.25) is 0 Å². The Morgan fingerprint density at radius 2 is 2.44 bits per heavy atom. The van der Waals surface area contributed by atoms with Crippen LogP contribution in [-0.2, 0) is 16.0 Å². The van der Waals surface area contributed by atoms with Crippen LogP contribution < -0.4 is 4.90 Å². The summed E-state index contributed by atoms with van der Waals surface area (Å²) in [6.07, 6.45) is 1.40. The van der Waals surface area contributed by atoms with E-state index in [2.05, 4.69) is 15.8 Å². The number of aromatic nitrogens is 1. The van der Waals surface area contributed by atoms with Gasteiger partial charge < -0.3 is 9.64 Å². The molecule has 0 spiro atoms. The van der Waals surface area contributed by atoms with E-state index in [9.17, 15) is 4.79 Å². The number of aryl methyl sites for hydroxylation is 1. The van der Waals surface area contributed by atoms with Crippen LogP contribution in [0.25, 0.3) is 0 Å². The predicted molar refractivity (Wildman–Crippen MR) is 70.5 cm³/mol. The van der Waals surface area contributed by atoms with Gasteiger partial charge in [-0.25, -0.2) is 4.98 Å². The molecule has 1 rings (SSSR count). The maximum absolute atomic E-state index is 11.0. The highest BCUT2D eigenvalue weighted by molar-refractivity contribution is 7.13. The normalized spacial score (nSPS) is 11.7. The lowest BCUT2D eigenvalue weighted by molar-refractivity contribution is -0.140. The van der Waals surface area contributed by atoms with Crippen molar-refractivity contribution in [2.75, 3.05) is 19.1 Å². The minimum atomic E-state index is -0.226. The van der Waals surface area contributed by atoms with Gasteiger partial charge in [0.25, 0.3) is 0 Å². The van der Waals surface area contributed by atoms with Crippen molar-refractivity contribution in [2.45, 2.75) is 32.2 Å². The van der Waals surface area contributed by atoms with Crippen LogP contribution in [0.5, 0.6) is 0 Å². The summed E-state index contributed by atoms with van der Waals surface area (Å²) < 4.78 is 4.59. The summed E-state index contributed by atoms with van der Waals surface area (Å²) in [6, 6.07) is 2.28. The summed E-state index contributed by atoms with van der Waals surface area (Å²) in [6.45, 7) is 1.98. The van der Waals surface area contributed by atoms with Crippen molar-refractivity contribution in [3.63, 3.8) is 0 Å². The molecule has 0 radical (unpaired) electrons. The van der Waals surface area contributed by atoms with Gasteiger partial charge in [-0.15, -0.1) is 11.3 Å². The van der Waals surface area contributed by atoms with Crippen molar-refractivity contribution in [2.24, 2.45) is 0 Å². The summed E-state index contributed by atoms with van der Waals surface area (Å²) in [4.78, 5) is 17.5. The highest BCUT2D eigenvalue weighted by Crippen LogP contribution is 2.22. The van der Waals surface area contributed by atoms with E-state index in [1.165, 1.54) is 18.4 Å². The van der Waals surface area contributed by atoms with Crippen molar-refractivity contribution >= 4 is 22.4 Å². The molecule has 0 saturated heterocycles. The van der Waals surface area contributed by atoms with Gasteiger partial charge in [0.1, 0.15) is 0 Å². The number of thiazole rings is 1. The zero-order valence-corrected chi connectivity index (χ0v) is 11.7. The van der Waals surface area contributed by atoms with Crippen molar-refractivity contribution in [3.05, 3.63) is 11.1 Å². The quantitative estimate of drug-likeness (QED) is 0.737. The molecule has 0 saturated carbocycles. The molecule has 0 fully saturated rings. The first kappa shape index (κ1) is 14.5. The Kier molecular flexibility index (Phi) is 5.59. The lowest BCUT2D eigenvalue weighted by Crippen LogP contribution is -2.28. The monoisotopic (exact) mass is 267 g/mol. The molecule has 0 amide bonds. The van der Waals surface area contributed by atoms with Crippen molar-refractivity contribution in [1.29, 1.82) is 5.26 Å². The number of esters is 1. The summed E-state index contributed by atoms with van der Waals surface area (Å²) >= 11 is 1.52. The molecular weight excluding hydrogens is 250 g/mol. The van der Waals surface area contributed by atoms with Gasteiger partial charge in [-0.3, -0.25) is 4.79 Å². The third kappa shape index (κ3) is 4.00. The van der Waals surface area contributed by atoms with Crippen LogP contribution in [-0.4, -0.2) is 31.2 Å². The maximum atomic E-state index is 11.0. The number of ether oxygens (including phenoxy) is 1. The molecule has 1 aromatic heterocycles. The van der Waals surface area contributed by atoms with E-state index in [1.54, 1.807) is 0 Å². The molecule has 0 N–H and O–H groups in total. The molecule has 0 aromatic carbocycles. The first-order valence-corrected chi connectivity index (χ1v) is 6.57. The molecule has 6 heteroatoms. The summed E-state index contributed by atoms with van der Waals surface area (Å²) in [7, 11) is 3.30. The third-order valence-electron chi connectivity index (χ3n) is 2.70. The Bertz CT molecular complexity index is 439. The van der Waals surface area contributed by atoms with E-state index in [0.717, 1.165) is 10.8 Å². The summed E-state index contributed by atoms with van der Waals surface area (Å²) in [5.41, 5.74) is 0.886. The number of hydrogen-bond acceptors (Lipinski definition) is 6. The molecule has 1 unspecified atom stereocenters. The number of carbonyl (C=O) groups excluding carboxylic acids is 1. The second-order valence-corrected chi connectivity index (χ2v) is 4.86. The molecule has 18 heavy (non-hydrogen) atoms. The second-order valence-electron chi connectivity index (χ2n) is 4.02. The second kappa shape index (κ2) is 6.97. The van der Waals surface area contributed by atoms with E-state index >= 15 is 0 Å². The molecule has 0 bridgehead atoms. The minimum Gasteiger partial charge on any atom is -0.469 e. The minimum absolute atomic E-state index is 0.134. The van der Waals surface area contributed by atoms with Crippen molar-refractivity contribution in [1.82, 2.24) is 4.98 Å². The van der Waals surface area contributed by atoms with E-state index in [1.807, 2.05) is 24.3 Å². The lowest BCUT2D eigenvalue weighted by Gasteiger charge is -2.21. The Hall–Kier alpha value is -1.61. The van der Waals surface area contributed by atoms with Crippen LogP contribution in [0.1, 0.15) is 25.5 Å². The third-order valence-corrected chi connectivity index (χ3v) is 3.68. The fraction of sp³-hybridized carbons (Fsp3) is 0.583. The summed E-state index contributed by atoms with van der Waals surface area (Å²) in [5, 5.41) is 11.5. The van der Waals surface area contributed by atoms with Gasteiger partial charge in [0.05, 0.1) is 31.7 Å². The molecular formula is C12H17N3O2S. The standard InChI is InChI=1S/C12H17N3O2S/c1-9(6-7-13)15(2)12-14-10(8-18-12)4-5-11(16)17-3/h8-9H,4-6H2,1-3H3. The van der Waals surface area contributed by atoms with E-state index < -0.39 is 0 Å². The molecule has 0 aliphatic carbocycles. The smallest absolute Gasteiger partial charge is 0.305 e. The fourth-order valence-electron chi connectivity index (χ4n) is 1.36. The number of anilines is 1. The topological polar surface area (TPSA) is 66.2 Å². The van der Waals surface area contributed by atoms with Crippen LogP contribution in [0.3, 0.4) is 0 Å². The van der Waals surface area contributed by atoms with Gasteiger partial charge in [0.2, 0.25) is 0 Å². The Labute approximate surface area is 111 Å². The average molecular weight is 267 g/mol. The van der Waals surface area contributed by atoms with Gasteiger partial charge in [-0.1, -0.05) is 0 Å². The highest BCUT2D eigenvalue weighted by Gasteiger charge is 2.13. The zero-order chi connectivity index (χ0) is 13.5. The predicted octanol–water partition coefficient (Wildman–Crippen LogP) is 1.99. The SMILES string of the molecule is COC(=O)CCc1csc(N(C)C(C)CC#N)n1. The molecule has 98 valence electrons. The number of methoxy groups -OCH3 is 1. The molecule has 1 aromatic rings. The van der Waals surface area contributed by atoms with E-state index in [4.69, 9.17) is 5.26 Å². The zero-order valence-electron chi connectivity index (χ0n) is 10.8. The van der Waals surface area contributed by atoms with E-state index in [0.29, 0.717) is 19.3 Å². The molecule has 5 nitrogen and oxygen atoms in total. The number of nitrogens with zero attached hydrogens (tertiary/aromatic N) is 3. The molecule has 1 atom stereocenters. The first-order valence-electron chi connectivity index (χ1n) is 5.69. The van der Waals surface area contributed by atoms with Crippen LogP contribution in [0, 0.1) is 11.3 Å². The molecule has 1 heterocycles. The van der Waals surface area contributed by atoms with Crippen LogP contribution in [0.4, 0.5) is 5.13 Å². The first-order chi connectivity index (χ1) is 8.58. The molecule has 0 aliphatic heterocycles. The molecule has 0 aliphatic rings. The average Bonchev–Trinajstić information content (AvgIpc) is 2.84.